The van der Waals surface area contributed by atoms with E-state index in [2.05, 4.69) is 28.9 Å². The van der Waals surface area contributed by atoms with Crippen molar-refractivity contribution in [3.8, 4) is 0 Å². The number of hydrogen-bond donors (Lipinski definition) is 2. The van der Waals surface area contributed by atoms with E-state index in [0.29, 0.717) is 25.6 Å². The summed E-state index contributed by atoms with van der Waals surface area (Å²) in [5, 5.41) is 6.09. The van der Waals surface area contributed by atoms with Gasteiger partial charge in [0, 0.05) is 44.2 Å². The van der Waals surface area contributed by atoms with Crippen LogP contribution in [0.2, 0.25) is 0 Å². The highest BCUT2D eigenvalue weighted by Crippen LogP contribution is 2.04. The molecule has 2 N–H and O–H groups in total. The van der Waals surface area contributed by atoms with Crippen LogP contribution in [0.3, 0.4) is 0 Å². The molecule has 0 fully saturated rings. The van der Waals surface area contributed by atoms with Gasteiger partial charge in [-0.15, -0.1) is 11.3 Å². The molecule has 1 aromatic heterocycles. The van der Waals surface area contributed by atoms with Crippen LogP contribution < -0.4 is 10.0 Å². The van der Waals surface area contributed by atoms with E-state index in [1.807, 2.05) is 5.38 Å². The maximum absolute atomic E-state index is 12.0. The standard InChI is InChI=1S/C12H24N4O2S2/c1-11(2)13-6-4-9-16(3)20(17,18)15-7-5-12-14-8-10-19-12/h8,10-11,13,15H,4-7,9H2,1-3H3. The minimum Gasteiger partial charge on any atom is -0.314 e. The Labute approximate surface area is 125 Å². The molecule has 0 aromatic carbocycles. The molecule has 0 spiro atoms. The SMILES string of the molecule is CC(C)NCCCN(C)S(=O)(=O)NCCc1nccs1. The Morgan fingerprint density at radius 2 is 2.15 bits per heavy atom. The number of nitrogens with zero attached hydrogens (tertiary/aromatic N) is 2. The smallest absolute Gasteiger partial charge is 0.279 e. The van der Waals surface area contributed by atoms with Crippen molar-refractivity contribution in [1.82, 2.24) is 19.3 Å². The van der Waals surface area contributed by atoms with Gasteiger partial charge in [0.1, 0.15) is 0 Å². The van der Waals surface area contributed by atoms with Gasteiger partial charge in [0.2, 0.25) is 0 Å². The summed E-state index contributed by atoms with van der Waals surface area (Å²) in [7, 11) is -1.78. The van der Waals surface area contributed by atoms with E-state index in [-0.39, 0.29) is 0 Å². The molecule has 1 rings (SSSR count). The zero-order chi connectivity index (χ0) is 15.0. The fraction of sp³-hybridized carbons (Fsp3) is 0.750. The summed E-state index contributed by atoms with van der Waals surface area (Å²) in [6.07, 6.45) is 3.14. The van der Waals surface area contributed by atoms with Gasteiger partial charge in [-0.3, -0.25) is 0 Å². The highest BCUT2D eigenvalue weighted by molar-refractivity contribution is 7.87. The van der Waals surface area contributed by atoms with Crippen molar-refractivity contribution < 1.29 is 8.42 Å². The third-order valence-electron chi connectivity index (χ3n) is 2.72. The predicted octanol–water partition coefficient (Wildman–Crippen LogP) is 0.840. The third-order valence-corrected chi connectivity index (χ3v) is 5.13. The zero-order valence-electron chi connectivity index (χ0n) is 12.3. The molecule has 0 amide bonds. The summed E-state index contributed by atoms with van der Waals surface area (Å²) >= 11 is 1.53. The van der Waals surface area contributed by atoms with Crippen molar-refractivity contribution in [2.24, 2.45) is 0 Å². The molecule has 0 saturated heterocycles. The van der Waals surface area contributed by atoms with Gasteiger partial charge in [-0.25, -0.2) is 9.71 Å². The average molecular weight is 320 g/mol. The molecule has 0 atom stereocenters. The molecule has 8 heteroatoms. The first-order valence-corrected chi connectivity index (χ1v) is 9.06. The topological polar surface area (TPSA) is 74.3 Å². The van der Waals surface area contributed by atoms with Crippen molar-refractivity contribution >= 4 is 21.5 Å². The minimum atomic E-state index is -3.38. The van der Waals surface area contributed by atoms with Crippen LogP contribution >= 0.6 is 11.3 Å². The van der Waals surface area contributed by atoms with Gasteiger partial charge in [0.05, 0.1) is 5.01 Å². The second-order valence-corrected chi connectivity index (χ2v) is 7.70. The fourth-order valence-corrected chi connectivity index (χ4v) is 3.16. The van der Waals surface area contributed by atoms with E-state index in [1.54, 1.807) is 13.2 Å². The van der Waals surface area contributed by atoms with Crippen LogP contribution in [-0.2, 0) is 16.6 Å². The van der Waals surface area contributed by atoms with Gasteiger partial charge in [-0.2, -0.15) is 12.7 Å². The summed E-state index contributed by atoms with van der Waals surface area (Å²) in [6, 6.07) is 0.424. The highest BCUT2D eigenvalue weighted by atomic mass is 32.2. The van der Waals surface area contributed by atoms with Crippen LogP contribution in [0.4, 0.5) is 0 Å². The van der Waals surface area contributed by atoms with Crippen molar-refractivity contribution in [3.63, 3.8) is 0 Å². The molecule has 116 valence electrons. The van der Waals surface area contributed by atoms with E-state index in [1.165, 1.54) is 15.6 Å². The molecule has 0 saturated carbocycles. The molecule has 0 aliphatic carbocycles. The molecule has 0 aliphatic rings. The highest BCUT2D eigenvalue weighted by Gasteiger charge is 2.16. The van der Waals surface area contributed by atoms with Crippen molar-refractivity contribution in [1.29, 1.82) is 0 Å². The normalized spacial score (nSPS) is 12.4. The lowest BCUT2D eigenvalue weighted by Crippen LogP contribution is -2.40. The average Bonchev–Trinajstić information content (AvgIpc) is 2.87. The molecular formula is C12H24N4O2S2. The molecule has 6 nitrogen and oxygen atoms in total. The van der Waals surface area contributed by atoms with Crippen molar-refractivity contribution in [2.45, 2.75) is 32.7 Å². The van der Waals surface area contributed by atoms with Crippen LogP contribution in [0.5, 0.6) is 0 Å². The monoisotopic (exact) mass is 320 g/mol. The van der Waals surface area contributed by atoms with E-state index in [0.717, 1.165) is 18.0 Å². The Morgan fingerprint density at radius 1 is 1.40 bits per heavy atom. The second kappa shape index (κ2) is 8.68. The lowest BCUT2D eigenvalue weighted by molar-refractivity contribution is 0.439. The van der Waals surface area contributed by atoms with Gasteiger partial charge in [0.15, 0.2) is 0 Å². The van der Waals surface area contributed by atoms with Gasteiger partial charge in [0.25, 0.3) is 10.2 Å². The zero-order valence-corrected chi connectivity index (χ0v) is 13.9. The van der Waals surface area contributed by atoms with Crippen molar-refractivity contribution in [3.05, 3.63) is 16.6 Å². The van der Waals surface area contributed by atoms with Crippen LogP contribution in [0.15, 0.2) is 11.6 Å². The van der Waals surface area contributed by atoms with Crippen LogP contribution in [-0.4, -0.2) is 50.4 Å². The largest absolute Gasteiger partial charge is 0.314 e. The quantitative estimate of drug-likeness (QED) is 0.627. The maximum atomic E-state index is 12.0. The summed E-state index contributed by atoms with van der Waals surface area (Å²) in [5.41, 5.74) is 0. The van der Waals surface area contributed by atoms with Gasteiger partial charge in [-0.1, -0.05) is 13.8 Å². The summed E-state index contributed by atoms with van der Waals surface area (Å²) in [4.78, 5) is 4.12. The fourth-order valence-electron chi connectivity index (χ4n) is 1.59. The molecule has 20 heavy (non-hydrogen) atoms. The Kier molecular flexibility index (Phi) is 7.60. The Bertz CT molecular complexity index is 460. The van der Waals surface area contributed by atoms with E-state index >= 15 is 0 Å². The van der Waals surface area contributed by atoms with Crippen LogP contribution in [0.25, 0.3) is 0 Å². The lowest BCUT2D eigenvalue weighted by Gasteiger charge is -2.18. The maximum Gasteiger partial charge on any atom is 0.279 e. The molecule has 1 heterocycles. The molecule has 0 aliphatic heterocycles. The van der Waals surface area contributed by atoms with E-state index < -0.39 is 10.2 Å². The van der Waals surface area contributed by atoms with Gasteiger partial charge >= 0.3 is 0 Å². The predicted molar refractivity (Wildman–Crippen MR) is 83.1 cm³/mol. The first kappa shape index (κ1) is 17.5. The molecule has 0 radical (unpaired) electrons. The number of thiazole rings is 1. The lowest BCUT2D eigenvalue weighted by atomic mass is 10.3. The molecule has 0 unspecified atom stereocenters. The number of aromatic nitrogens is 1. The number of nitrogens with one attached hydrogen (secondary N) is 2. The van der Waals surface area contributed by atoms with Crippen molar-refractivity contribution in [2.75, 3.05) is 26.7 Å². The number of rotatable bonds is 10. The van der Waals surface area contributed by atoms with Gasteiger partial charge < -0.3 is 5.32 Å². The van der Waals surface area contributed by atoms with Crippen LogP contribution in [0.1, 0.15) is 25.3 Å². The summed E-state index contributed by atoms with van der Waals surface area (Å²) in [5.74, 6) is 0. The minimum absolute atomic E-state index is 0.379. The molecular weight excluding hydrogens is 296 g/mol. The number of hydrogen-bond acceptors (Lipinski definition) is 5. The summed E-state index contributed by atoms with van der Waals surface area (Å²) in [6.45, 7) is 5.84. The van der Waals surface area contributed by atoms with Crippen LogP contribution in [0, 0.1) is 0 Å². The molecule has 1 aromatic rings. The third kappa shape index (κ3) is 6.76. The van der Waals surface area contributed by atoms with Gasteiger partial charge in [-0.05, 0) is 13.0 Å². The Morgan fingerprint density at radius 3 is 2.75 bits per heavy atom. The van der Waals surface area contributed by atoms with E-state index in [4.69, 9.17) is 0 Å². The summed E-state index contributed by atoms with van der Waals surface area (Å²) < 4.78 is 27.9. The molecule has 0 bridgehead atoms. The first-order valence-electron chi connectivity index (χ1n) is 6.74. The Balaban J connectivity index is 2.24. The Hall–Kier alpha value is -0.540. The first-order chi connectivity index (χ1) is 9.42. The second-order valence-electron chi connectivity index (χ2n) is 4.86. The van der Waals surface area contributed by atoms with E-state index in [9.17, 15) is 8.42 Å².